The van der Waals surface area contributed by atoms with Gasteiger partial charge in [-0.05, 0) is 54.1 Å². The van der Waals surface area contributed by atoms with Crippen molar-refractivity contribution in [2.75, 3.05) is 10.6 Å². The Hall–Kier alpha value is -1.86. The topological polar surface area (TPSA) is 78.4 Å². The van der Waals surface area contributed by atoms with E-state index < -0.39 is 28.0 Å². The first kappa shape index (κ1) is 25.2. The first-order valence-corrected chi connectivity index (χ1v) is 12.0. The molecule has 4 rings (SSSR count). The second-order valence-electron chi connectivity index (χ2n) is 7.64. The largest absolute Gasteiger partial charge is 0.506 e. The van der Waals surface area contributed by atoms with Crippen molar-refractivity contribution in [3.05, 3.63) is 85.8 Å². The molecule has 2 amide bonds. The SMILES string of the molecule is O=C(Nc1ccc(Cl)c(O)c1)c1cc(NC(=O)C2[C@@H](c3cc(Cl)cc(Cl)c3)C2(Cl)Cl)ccc1Cl. The highest BCUT2D eigenvalue weighted by Crippen LogP contribution is 2.65. The van der Waals surface area contributed by atoms with Gasteiger partial charge in [0.15, 0.2) is 0 Å². The number of hydrogen-bond donors (Lipinski definition) is 3. The molecule has 3 aromatic rings. The molecule has 0 saturated heterocycles. The van der Waals surface area contributed by atoms with Gasteiger partial charge in [-0.15, -0.1) is 23.2 Å². The number of phenolic OH excluding ortho intramolecular Hbond substituents is 1. The van der Waals surface area contributed by atoms with E-state index in [2.05, 4.69) is 10.6 Å². The van der Waals surface area contributed by atoms with Crippen LogP contribution in [0.3, 0.4) is 0 Å². The van der Waals surface area contributed by atoms with Gasteiger partial charge in [-0.25, -0.2) is 0 Å². The summed E-state index contributed by atoms with van der Waals surface area (Å²) in [5, 5.41) is 16.2. The lowest BCUT2D eigenvalue weighted by molar-refractivity contribution is -0.117. The number of anilines is 2. The van der Waals surface area contributed by atoms with Crippen molar-refractivity contribution in [2.45, 2.75) is 10.3 Å². The third-order valence-corrected chi connectivity index (χ3v) is 7.29. The third kappa shape index (κ3) is 5.20. The lowest BCUT2D eigenvalue weighted by Gasteiger charge is -2.11. The van der Waals surface area contributed by atoms with Gasteiger partial charge >= 0.3 is 0 Å². The van der Waals surface area contributed by atoms with Gasteiger partial charge in [-0.2, -0.15) is 0 Å². The number of carbonyl (C=O) groups is 2. The van der Waals surface area contributed by atoms with Gasteiger partial charge in [0.2, 0.25) is 5.91 Å². The molecule has 1 fully saturated rings. The van der Waals surface area contributed by atoms with Crippen LogP contribution in [-0.4, -0.2) is 21.3 Å². The van der Waals surface area contributed by atoms with Gasteiger partial charge in [0.1, 0.15) is 10.1 Å². The lowest BCUT2D eigenvalue weighted by Crippen LogP contribution is -2.18. The normalized spacial score (nSPS) is 18.3. The highest BCUT2D eigenvalue weighted by molar-refractivity contribution is 6.53. The molecule has 0 radical (unpaired) electrons. The van der Waals surface area contributed by atoms with Gasteiger partial charge < -0.3 is 15.7 Å². The first-order valence-electron chi connectivity index (χ1n) is 9.71. The molecule has 0 bridgehead atoms. The molecule has 0 heterocycles. The van der Waals surface area contributed by atoms with Crippen molar-refractivity contribution in [3.63, 3.8) is 0 Å². The van der Waals surface area contributed by atoms with Crippen LogP contribution in [0, 0.1) is 5.92 Å². The summed E-state index contributed by atoms with van der Waals surface area (Å²) in [6.45, 7) is 0. The Morgan fingerprint density at radius 1 is 0.794 bits per heavy atom. The molecule has 34 heavy (non-hydrogen) atoms. The lowest BCUT2D eigenvalue weighted by atomic mass is 10.1. The predicted molar refractivity (Wildman–Crippen MR) is 138 cm³/mol. The number of amides is 2. The summed E-state index contributed by atoms with van der Waals surface area (Å²) < 4.78 is -1.35. The number of nitrogens with one attached hydrogen (secondary N) is 2. The number of benzene rings is 3. The van der Waals surface area contributed by atoms with Crippen LogP contribution >= 0.6 is 69.6 Å². The van der Waals surface area contributed by atoms with Crippen molar-refractivity contribution in [2.24, 2.45) is 5.92 Å². The fraction of sp³-hybridized carbons (Fsp3) is 0.130. The molecule has 176 valence electrons. The van der Waals surface area contributed by atoms with Crippen molar-refractivity contribution in [1.82, 2.24) is 0 Å². The Morgan fingerprint density at radius 3 is 2.00 bits per heavy atom. The molecule has 0 aromatic heterocycles. The molecule has 3 N–H and O–H groups in total. The Labute approximate surface area is 224 Å². The van der Waals surface area contributed by atoms with Gasteiger partial charge in [0, 0.05) is 33.4 Å². The zero-order valence-electron chi connectivity index (χ0n) is 16.9. The zero-order valence-corrected chi connectivity index (χ0v) is 21.4. The van der Waals surface area contributed by atoms with Gasteiger partial charge in [-0.1, -0.05) is 46.4 Å². The Kier molecular flexibility index (Phi) is 7.16. The maximum atomic E-state index is 13.0. The zero-order chi connectivity index (χ0) is 24.8. The van der Waals surface area contributed by atoms with E-state index >= 15 is 0 Å². The highest BCUT2D eigenvalue weighted by Gasteiger charge is 2.67. The minimum Gasteiger partial charge on any atom is -0.506 e. The third-order valence-electron chi connectivity index (χ3n) is 5.26. The van der Waals surface area contributed by atoms with Gasteiger partial charge in [0.05, 0.1) is 21.5 Å². The Balaban J connectivity index is 1.51. The molecule has 1 aliphatic carbocycles. The van der Waals surface area contributed by atoms with E-state index in [4.69, 9.17) is 69.6 Å². The fourth-order valence-electron chi connectivity index (χ4n) is 3.61. The van der Waals surface area contributed by atoms with E-state index in [9.17, 15) is 14.7 Å². The average molecular weight is 579 g/mol. The summed E-state index contributed by atoms with van der Waals surface area (Å²) in [6.07, 6.45) is 0. The number of rotatable bonds is 5. The van der Waals surface area contributed by atoms with Crippen LogP contribution in [0.15, 0.2) is 54.6 Å². The van der Waals surface area contributed by atoms with Crippen LogP contribution in [0.4, 0.5) is 11.4 Å². The summed E-state index contributed by atoms with van der Waals surface area (Å²) in [6, 6.07) is 13.6. The van der Waals surface area contributed by atoms with Crippen LogP contribution in [0.5, 0.6) is 5.75 Å². The van der Waals surface area contributed by atoms with Gasteiger partial charge in [-0.3, -0.25) is 9.59 Å². The monoisotopic (exact) mass is 576 g/mol. The minimum absolute atomic E-state index is 0.103. The Bertz CT molecular complexity index is 1290. The molecule has 0 aliphatic heterocycles. The van der Waals surface area contributed by atoms with E-state index in [-0.39, 0.29) is 21.4 Å². The summed E-state index contributed by atoms with van der Waals surface area (Å²) >= 11 is 36.9. The fourth-order valence-corrected chi connectivity index (χ4v) is 5.30. The van der Waals surface area contributed by atoms with Crippen molar-refractivity contribution in [1.29, 1.82) is 0 Å². The summed E-state index contributed by atoms with van der Waals surface area (Å²) in [5.74, 6) is -2.46. The number of aromatic hydroxyl groups is 1. The highest BCUT2D eigenvalue weighted by atomic mass is 35.5. The van der Waals surface area contributed by atoms with Crippen molar-refractivity contribution in [3.8, 4) is 5.75 Å². The number of hydrogen-bond acceptors (Lipinski definition) is 3. The summed E-state index contributed by atoms with van der Waals surface area (Å²) in [7, 11) is 0. The van der Waals surface area contributed by atoms with E-state index in [1.807, 2.05) is 0 Å². The molecule has 1 saturated carbocycles. The smallest absolute Gasteiger partial charge is 0.257 e. The van der Waals surface area contributed by atoms with Crippen LogP contribution in [-0.2, 0) is 4.79 Å². The van der Waals surface area contributed by atoms with Crippen LogP contribution in [0.2, 0.25) is 20.1 Å². The number of halogens is 6. The summed E-state index contributed by atoms with van der Waals surface area (Å²) in [4.78, 5) is 25.7. The summed E-state index contributed by atoms with van der Waals surface area (Å²) in [5.41, 5.74) is 1.38. The molecule has 1 aliphatic rings. The molecule has 1 unspecified atom stereocenters. The predicted octanol–water partition coefficient (Wildman–Crippen LogP) is 7.78. The van der Waals surface area contributed by atoms with Crippen molar-refractivity contribution < 1.29 is 14.7 Å². The molecule has 11 heteroatoms. The quantitative estimate of drug-likeness (QED) is 0.270. The Morgan fingerprint density at radius 2 is 1.38 bits per heavy atom. The minimum atomic E-state index is -1.35. The van der Waals surface area contributed by atoms with Crippen molar-refractivity contribution >= 4 is 92.8 Å². The molecule has 3 aromatic carbocycles. The van der Waals surface area contributed by atoms with E-state index in [0.29, 0.717) is 27.0 Å². The van der Waals surface area contributed by atoms with Crippen LogP contribution < -0.4 is 10.6 Å². The number of carbonyl (C=O) groups excluding carboxylic acids is 2. The standard InChI is InChI=1S/C23H14Cl6N2O3/c24-11-5-10(6-12(25)7-11)19-20(23(19,28)29)22(34)31-13-1-3-16(26)15(8-13)21(33)30-14-2-4-17(27)18(32)9-14/h1-9,19-20,32H,(H,30,33)(H,31,34)/t19-,20?/m1/s1. The molecular formula is C23H14Cl6N2O3. The maximum Gasteiger partial charge on any atom is 0.257 e. The van der Waals surface area contributed by atoms with E-state index in [0.717, 1.165) is 0 Å². The second-order valence-corrected chi connectivity index (χ2v) is 10.8. The van der Waals surface area contributed by atoms with E-state index in [1.165, 1.54) is 30.3 Å². The van der Waals surface area contributed by atoms with Crippen LogP contribution in [0.25, 0.3) is 0 Å². The molecule has 0 spiro atoms. The van der Waals surface area contributed by atoms with E-state index in [1.54, 1.807) is 24.3 Å². The number of phenols is 1. The second kappa shape index (κ2) is 9.65. The van der Waals surface area contributed by atoms with Crippen LogP contribution in [0.1, 0.15) is 21.8 Å². The molecular weight excluding hydrogens is 565 g/mol. The maximum absolute atomic E-state index is 13.0. The molecule has 2 atom stereocenters. The molecule has 5 nitrogen and oxygen atoms in total. The number of alkyl halides is 2. The van der Waals surface area contributed by atoms with Gasteiger partial charge in [0.25, 0.3) is 5.91 Å². The first-order chi connectivity index (χ1) is 16.0. The average Bonchev–Trinajstić information content (AvgIpc) is 3.33.